The molecule has 1 aromatic carbocycles. The van der Waals surface area contributed by atoms with Crippen molar-refractivity contribution in [2.75, 3.05) is 26.1 Å². The lowest BCUT2D eigenvalue weighted by Crippen LogP contribution is -2.10. The van der Waals surface area contributed by atoms with E-state index < -0.39 is 0 Å². The van der Waals surface area contributed by atoms with Gasteiger partial charge in [0.2, 0.25) is 0 Å². The van der Waals surface area contributed by atoms with E-state index in [1.165, 1.54) is 0 Å². The number of anilines is 1. The fourth-order valence-corrected chi connectivity index (χ4v) is 1.23. The molecule has 1 rings (SSSR count). The highest BCUT2D eigenvalue weighted by atomic mass is 16.6. The molecule has 4 heteroatoms. The molecule has 4 nitrogen and oxygen atoms in total. The van der Waals surface area contributed by atoms with Gasteiger partial charge in [-0.3, -0.25) is 0 Å². The van der Waals surface area contributed by atoms with E-state index in [1.54, 1.807) is 32.2 Å². The number of hydrogen-bond donors (Lipinski definition) is 1. The van der Waals surface area contributed by atoms with E-state index in [4.69, 9.17) is 15.2 Å². The van der Waals surface area contributed by atoms with Crippen LogP contribution in [0.5, 0.6) is 0 Å². The predicted octanol–water partition coefficient (Wildman–Crippen LogP) is 1.86. The van der Waals surface area contributed by atoms with Crippen molar-refractivity contribution in [3.8, 4) is 0 Å². The Kier molecular flexibility index (Phi) is 5.23. The third-order valence-electron chi connectivity index (χ3n) is 2.16. The van der Waals surface area contributed by atoms with Gasteiger partial charge < -0.3 is 15.2 Å². The van der Waals surface area contributed by atoms with E-state index in [1.807, 2.05) is 12.1 Å². The molecule has 17 heavy (non-hydrogen) atoms. The predicted molar refractivity (Wildman–Crippen MR) is 67.3 cm³/mol. The lowest BCUT2D eigenvalue weighted by molar-refractivity contribution is -0.140. The van der Waals surface area contributed by atoms with Crippen LogP contribution in [0.2, 0.25) is 0 Å². The Labute approximate surface area is 101 Å². The van der Waals surface area contributed by atoms with Gasteiger partial charge in [-0.05, 0) is 30.7 Å². The second kappa shape index (κ2) is 6.70. The molecule has 2 N–H and O–H groups in total. The Balaban J connectivity index is 2.59. The molecule has 0 unspecified atom stereocenters. The Hall–Kier alpha value is -1.81. The zero-order valence-corrected chi connectivity index (χ0v) is 10.1. The molecule has 0 aliphatic heterocycles. The summed E-state index contributed by atoms with van der Waals surface area (Å²) in [5, 5.41) is 0. The van der Waals surface area contributed by atoms with Crippen molar-refractivity contribution in [3.63, 3.8) is 0 Å². The summed E-state index contributed by atoms with van der Waals surface area (Å²) < 4.78 is 9.78. The number of carbonyl (C=O) groups is 1. The molecule has 0 fully saturated rings. The number of benzene rings is 1. The van der Waals surface area contributed by atoms with Crippen LogP contribution in [-0.2, 0) is 14.3 Å². The molecule has 0 spiro atoms. The van der Waals surface area contributed by atoms with Gasteiger partial charge in [0, 0.05) is 18.4 Å². The summed E-state index contributed by atoms with van der Waals surface area (Å²) in [5.74, 6) is -0.334. The number of nitrogens with two attached hydrogens (primary N) is 1. The van der Waals surface area contributed by atoms with Crippen molar-refractivity contribution in [1.82, 2.24) is 0 Å². The van der Waals surface area contributed by atoms with Crippen LogP contribution in [0.1, 0.15) is 12.5 Å². The molecular formula is C13H17NO3. The van der Waals surface area contributed by atoms with Gasteiger partial charge in [0.15, 0.2) is 0 Å². The van der Waals surface area contributed by atoms with Gasteiger partial charge in [-0.1, -0.05) is 12.1 Å². The van der Waals surface area contributed by atoms with Crippen molar-refractivity contribution in [1.29, 1.82) is 0 Å². The molecule has 0 bridgehead atoms. The molecule has 0 aliphatic carbocycles. The molecular weight excluding hydrogens is 218 g/mol. The van der Waals surface area contributed by atoms with Crippen molar-refractivity contribution >= 4 is 17.7 Å². The number of rotatable bonds is 5. The molecule has 0 amide bonds. The first-order valence-electron chi connectivity index (χ1n) is 5.33. The van der Waals surface area contributed by atoms with Crippen LogP contribution in [-0.4, -0.2) is 26.3 Å². The van der Waals surface area contributed by atoms with E-state index in [9.17, 15) is 4.79 Å². The summed E-state index contributed by atoms with van der Waals surface area (Å²) in [5.41, 5.74) is 7.73. The van der Waals surface area contributed by atoms with Crippen LogP contribution in [0.4, 0.5) is 5.69 Å². The van der Waals surface area contributed by atoms with Crippen molar-refractivity contribution in [2.45, 2.75) is 6.92 Å². The first-order chi connectivity index (χ1) is 8.13. The van der Waals surface area contributed by atoms with Crippen LogP contribution in [0.3, 0.4) is 0 Å². The third-order valence-corrected chi connectivity index (χ3v) is 2.16. The zero-order chi connectivity index (χ0) is 12.7. The van der Waals surface area contributed by atoms with Gasteiger partial charge >= 0.3 is 5.97 Å². The Morgan fingerprint density at radius 2 is 1.94 bits per heavy atom. The highest BCUT2D eigenvalue weighted by Gasteiger charge is 2.05. The maximum atomic E-state index is 11.5. The van der Waals surface area contributed by atoms with Gasteiger partial charge in [-0.25, -0.2) is 4.79 Å². The van der Waals surface area contributed by atoms with Crippen molar-refractivity contribution < 1.29 is 14.3 Å². The van der Waals surface area contributed by atoms with E-state index in [-0.39, 0.29) is 12.6 Å². The minimum atomic E-state index is -0.334. The monoisotopic (exact) mass is 235 g/mol. The molecule has 0 saturated heterocycles. The summed E-state index contributed by atoms with van der Waals surface area (Å²) in [6, 6.07) is 7.27. The number of carbonyl (C=O) groups excluding carboxylic acids is 1. The first-order valence-corrected chi connectivity index (χ1v) is 5.33. The fourth-order valence-electron chi connectivity index (χ4n) is 1.23. The van der Waals surface area contributed by atoms with Crippen LogP contribution < -0.4 is 5.73 Å². The molecule has 0 saturated carbocycles. The highest BCUT2D eigenvalue weighted by Crippen LogP contribution is 2.10. The average Bonchev–Trinajstić information content (AvgIpc) is 2.32. The SMILES string of the molecule is COCCOC(=O)/C(C)=C/c1ccc(N)cc1. The summed E-state index contributed by atoms with van der Waals surface area (Å²) in [7, 11) is 1.56. The molecule has 0 aromatic heterocycles. The van der Waals surface area contributed by atoms with Crippen molar-refractivity contribution in [3.05, 3.63) is 35.4 Å². The fraction of sp³-hybridized carbons (Fsp3) is 0.308. The molecule has 0 aliphatic rings. The minimum absolute atomic E-state index is 0.266. The van der Waals surface area contributed by atoms with Crippen LogP contribution in [0.25, 0.3) is 6.08 Å². The average molecular weight is 235 g/mol. The third kappa shape index (κ3) is 4.70. The lowest BCUT2D eigenvalue weighted by atomic mass is 10.1. The van der Waals surface area contributed by atoms with Gasteiger partial charge in [-0.2, -0.15) is 0 Å². The van der Waals surface area contributed by atoms with E-state index >= 15 is 0 Å². The van der Waals surface area contributed by atoms with E-state index in [0.29, 0.717) is 17.9 Å². The Bertz CT molecular complexity index is 396. The maximum Gasteiger partial charge on any atom is 0.333 e. The van der Waals surface area contributed by atoms with Crippen LogP contribution in [0, 0.1) is 0 Å². The van der Waals surface area contributed by atoms with Crippen LogP contribution >= 0.6 is 0 Å². The number of ether oxygens (including phenoxy) is 2. The maximum absolute atomic E-state index is 11.5. The Morgan fingerprint density at radius 1 is 1.29 bits per heavy atom. The molecule has 92 valence electrons. The number of nitrogen functional groups attached to an aromatic ring is 1. The summed E-state index contributed by atoms with van der Waals surface area (Å²) in [4.78, 5) is 11.5. The number of methoxy groups -OCH3 is 1. The molecule has 0 heterocycles. The molecule has 1 aromatic rings. The van der Waals surface area contributed by atoms with E-state index in [2.05, 4.69) is 0 Å². The normalized spacial score (nSPS) is 11.3. The quantitative estimate of drug-likeness (QED) is 0.366. The van der Waals surface area contributed by atoms with Gasteiger partial charge in [0.25, 0.3) is 0 Å². The first kappa shape index (κ1) is 13.3. The summed E-state index contributed by atoms with van der Waals surface area (Å²) in [6.45, 7) is 2.38. The largest absolute Gasteiger partial charge is 0.460 e. The van der Waals surface area contributed by atoms with E-state index in [0.717, 1.165) is 5.56 Å². The highest BCUT2D eigenvalue weighted by molar-refractivity contribution is 5.93. The number of hydrogen-bond acceptors (Lipinski definition) is 4. The van der Waals surface area contributed by atoms with Crippen molar-refractivity contribution in [2.24, 2.45) is 0 Å². The summed E-state index contributed by atoms with van der Waals surface area (Å²) >= 11 is 0. The standard InChI is InChI=1S/C13H17NO3/c1-10(13(15)17-8-7-16-2)9-11-3-5-12(14)6-4-11/h3-6,9H,7-8,14H2,1-2H3/b10-9+. The second-order valence-electron chi connectivity index (χ2n) is 3.62. The molecule has 0 atom stereocenters. The van der Waals surface area contributed by atoms with Gasteiger partial charge in [-0.15, -0.1) is 0 Å². The zero-order valence-electron chi connectivity index (χ0n) is 10.1. The Morgan fingerprint density at radius 3 is 2.53 bits per heavy atom. The topological polar surface area (TPSA) is 61.5 Å². The number of esters is 1. The van der Waals surface area contributed by atoms with Gasteiger partial charge in [0.05, 0.1) is 6.61 Å². The van der Waals surface area contributed by atoms with Crippen LogP contribution in [0.15, 0.2) is 29.8 Å². The second-order valence-corrected chi connectivity index (χ2v) is 3.62. The van der Waals surface area contributed by atoms with Gasteiger partial charge in [0.1, 0.15) is 6.61 Å². The molecule has 0 radical (unpaired) electrons. The lowest BCUT2D eigenvalue weighted by Gasteiger charge is -2.04. The smallest absolute Gasteiger partial charge is 0.333 e. The summed E-state index contributed by atoms with van der Waals surface area (Å²) in [6.07, 6.45) is 1.76. The minimum Gasteiger partial charge on any atom is -0.460 e.